The number of hydrogen-bond acceptors (Lipinski definition) is 5. The van der Waals surface area contributed by atoms with Gasteiger partial charge >= 0.3 is 6.09 Å². The molecule has 2 N–H and O–H groups in total. The van der Waals surface area contributed by atoms with Crippen LogP contribution in [0.15, 0.2) is 66.7 Å². The number of carboxylic acid groups (broad SMARTS) is 1. The Kier molecular flexibility index (Phi) is 8.77. The highest BCUT2D eigenvalue weighted by molar-refractivity contribution is 7.21. The number of nitriles is 1. The van der Waals surface area contributed by atoms with Gasteiger partial charge in [0.2, 0.25) is 0 Å². The van der Waals surface area contributed by atoms with E-state index in [4.69, 9.17) is 21.4 Å². The Labute approximate surface area is 247 Å². The summed E-state index contributed by atoms with van der Waals surface area (Å²) < 4.78 is 6.61. The molecular formula is C32H30ClN3O4S. The van der Waals surface area contributed by atoms with Gasteiger partial charge in [0.25, 0.3) is 5.91 Å². The van der Waals surface area contributed by atoms with Gasteiger partial charge in [0.05, 0.1) is 23.8 Å². The summed E-state index contributed by atoms with van der Waals surface area (Å²) >= 11 is 8.17. The molecule has 7 nitrogen and oxygen atoms in total. The molecule has 1 saturated carbocycles. The molecule has 210 valence electrons. The van der Waals surface area contributed by atoms with Crippen LogP contribution in [0.2, 0.25) is 5.02 Å². The lowest BCUT2D eigenvalue weighted by molar-refractivity contribution is 0.0594. The molecule has 0 spiro atoms. The molecule has 1 aromatic heterocycles. The third-order valence-electron chi connectivity index (χ3n) is 7.73. The second-order valence-electron chi connectivity index (χ2n) is 10.3. The second-order valence-corrected chi connectivity index (χ2v) is 11.7. The fourth-order valence-electron chi connectivity index (χ4n) is 5.54. The second kappa shape index (κ2) is 12.6. The van der Waals surface area contributed by atoms with Gasteiger partial charge in [0.1, 0.15) is 10.6 Å². The fourth-order valence-corrected chi connectivity index (χ4v) is 7.01. The zero-order valence-electron chi connectivity index (χ0n) is 22.6. The first-order chi connectivity index (χ1) is 19.9. The summed E-state index contributed by atoms with van der Waals surface area (Å²) in [6, 6.07) is 23.2. The number of carbonyl (C=O) groups excluding carboxylic acids is 1. The first-order valence-electron chi connectivity index (χ1n) is 13.5. The Morgan fingerprint density at radius 2 is 1.83 bits per heavy atom. The van der Waals surface area contributed by atoms with Crippen molar-refractivity contribution in [3.05, 3.63) is 87.8 Å². The maximum Gasteiger partial charge on any atom is 0.404 e. The zero-order valence-corrected chi connectivity index (χ0v) is 24.2. The molecule has 0 saturated heterocycles. The number of methoxy groups -OCH3 is 1. The van der Waals surface area contributed by atoms with Gasteiger partial charge in [0.15, 0.2) is 0 Å². The zero-order chi connectivity index (χ0) is 28.9. The van der Waals surface area contributed by atoms with E-state index in [9.17, 15) is 14.9 Å². The van der Waals surface area contributed by atoms with E-state index in [1.54, 1.807) is 19.2 Å². The van der Waals surface area contributed by atoms with Crippen LogP contribution in [-0.4, -0.2) is 41.7 Å². The fraction of sp³-hybridized carbons (Fsp3) is 0.281. The van der Waals surface area contributed by atoms with E-state index >= 15 is 0 Å². The molecular weight excluding hydrogens is 558 g/mol. The van der Waals surface area contributed by atoms with E-state index in [1.807, 2.05) is 59.5 Å². The Hall–Kier alpha value is -4.06. The minimum Gasteiger partial charge on any atom is -0.496 e. The molecule has 9 heteroatoms. The smallest absolute Gasteiger partial charge is 0.404 e. The lowest BCUT2D eigenvalue weighted by Crippen LogP contribution is -2.43. The van der Waals surface area contributed by atoms with Crippen LogP contribution in [0.3, 0.4) is 0 Å². The van der Waals surface area contributed by atoms with Crippen molar-refractivity contribution in [2.45, 2.75) is 38.3 Å². The quantitative estimate of drug-likeness (QED) is 0.221. The van der Waals surface area contributed by atoms with E-state index < -0.39 is 6.09 Å². The van der Waals surface area contributed by atoms with Gasteiger partial charge in [-0.25, -0.2) is 4.79 Å². The maximum atomic E-state index is 14.2. The van der Waals surface area contributed by atoms with Crippen LogP contribution in [0.25, 0.3) is 21.2 Å². The number of ether oxygens (including phenoxy) is 1. The molecule has 1 heterocycles. The van der Waals surface area contributed by atoms with Crippen molar-refractivity contribution in [2.24, 2.45) is 5.92 Å². The minimum atomic E-state index is -1.01. The number of carbonyl (C=O) groups is 2. The van der Waals surface area contributed by atoms with Gasteiger partial charge in [0, 0.05) is 34.8 Å². The Morgan fingerprint density at radius 1 is 1.10 bits per heavy atom. The summed E-state index contributed by atoms with van der Waals surface area (Å²) in [4.78, 5) is 27.6. The molecule has 1 aliphatic carbocycles. The van der Waals surface area contributed by atoms with Crippen LogP contribution < -0.4 is 10.1 Å². The van der Waals surface area contributed by atoms with Gasteiger partial charge in [-0.15, -0.1) is 11.3 Å². The highest BCUT2D eigenvalue weighted by Crippen LogP contribution is 2.38. The first-order valence-corrected chi connectivity index (χ1v) is 14.7. The van der Waals surface area contributed by atoms with E-state index in [-0.39, 0.29) is 17.9 Å². The Morgan fingerprint density at radius 3 is 2.49 bits per heavy atom. The van der Waals surface area contributed by atoms with Crippen molar-refractivity contribution in [3.8, 4) is 22.9 Å². The number of benzene rings is 3. The minimum absolute atomic E-state index is 0.00896. The molecule has 0 aliphatic heterocycles. The van der Waals surface area contributed by atoms with E-state index in [0.29, 0.717) is 34.3 Å². The van der Waals surface area contributed by atoms with E-state index in [0.717, 1.165) is 52.5 Å². The molecule has 0 radical (unpaired) electrons. The summed E-state index contributed by atoms with van der Waals surface area (Å²) in [5.41, 5.74) is 3.32. The predicted octanol–water partition coefficient (Wildman–Crippen LogP) is 7.57. The van der Waals surface area contributed by atoms with Gasteiger partial charge in [-0.05, 0) is 73.1 Å². The number of thiophene rings is 1. The van der Waals surface area contributed by atoms with E-state index in [2.05, 4.69) is 11.4 Å². The average Bonchev–Trinajstić information content (AvgIpc) is 3.35. The molecule has 4 aromatic rings. The van der Waals surface area contributed by atoms with Gasteiger partial charge in [-0.2, -0.15) is 5.26 Å². The molecule has 5 rings (SSSR count). The van der Waals surface area contributed by atoms with Gasteiger partial charge in [-0.1, -0.05) is 48.0 Å². The van der Waals surface area contributed by atoms with E-state index in [1.165, 1.54) is 11.3 Å². The van der Waals surface area contributed by atoms with Crippen LogP contribution in [0.1, 0.15) is 46.5 Å². The lowest BCUT2D eigenvalue weighted by atomic mass is 9.85. The highest BCUT2D eigenvalue weighted by atomic mass is 35.5. The van der Waals surface area contributed by atoms with Gasteiger partial charge < -0.3 is 20.1 Å². The van der Waals surface area contributed by atoms with Crippen molar-refractivity contribution in [3.63, 3.8) is 0 Å². The predicted molar refractivity (Wildman–Crippen MR) is 162 cm³/mol. The number of hydrogen-bond donors (Lipinski definition) is 2. The number of nitrogens with one attached hydrogen (secondary N) is 1. The summed E-state index contributed by atoms with van der Waals surface area (Å²) in [5.74, 6) is 0.852. The average molecular weight is 588 g/mol. The normalized spacial score (nSPS) is 16.6. The monoisotopic (exact) mass is 587 g/mol. The van der Waals surface area contributed by atoms with Crippen LogP contribution in [0, 0.1) is 17.2 Å². The van der Waals surface area contributed by atoms with Crippen LogP contribution in [0.5, 0.6) is 5.75 Å². The van der Waals surface area contributed by atoms with Crippen molar-refractivity contribution < 1.29 is 19.4 Å². The SMILES string of the molecule is COc1ccc(CN(C(=O)c2sc3ccccc3c2Cl)C2CCC(CNC(=O)O)CC2)cc1-c1ccc(C#N)cc1. The van der Waals surface area contributed by atoms with Crippen LogP contribution in [0.4, 0.5) is 4.79 Å². The first kappa shape index (κ1) is 28.5. The summed E-state index contributed by atoms with van der Waals surface area (Å²) in [6.07, 6.45) is 2.19. The molecule has 1 aliphatic rings. The number of halogens is 1. The van der Waals surface area contributed by atoms with Crippen LogP contribution in [-0.2, 0) is 6.54 Å². The third-order valence-corrected chi connectivity index (χ3v) is 9.39. The van der Waals surface area contributed by atoms with Crippen LogP contribution >= 0.6 is 22.9 Å². The number of nitrogens with zero attached hydrogens (tertiary/aromatic N) is 2. The molecule has 0 atom stereocenters. The topological polar surface area (TPSA) is 103 Å². The van der Waals surface area contributed by atoms with Crippen molar-refractivity contribution in [2.75, 3.05) is 13.7 Å². The molecule has 3 aromatic carbocycles. The summed E-state index contributed by atoms with van der Waals surface area (Å²) in [5, 5.41) is 22.1. The molecule has 41 heavy (non-hydrogen) atoms. The largest absolute Gasteiger partial charge is 0.496 e. The number of amides is 2. The molecule has 0 bridgehead atoms. The Balaban J connectivity index is 1.46. The van der Waals surface area contributed by atoms with Gasteiger partial charge in [-0.3, -0.25) is 4.79 Å². The van der Waals surface area contributed by atoms with Crippen molar-refractivity contribution in [1.29, 1.82) is 5.26 Å². The summed E-state index contributed by atoms with van der Waals surface area (Å²) in [7, 11) is 1.62. The molecule has 1 fully saturated rings. The third kappa shape index (κ3) is 6.32. The number of rotatable bonds is 8. The lowest BCUT2D eigenvalue weighted by Gasteiger charge is -2.37. The Bertz CT molecular complexity index is 1600. The standard InChI is InChI=1S/C32H30ClN3O4S/c1-40-27-15-10-22(16-26(27)23-11-6-20(17-34)7-12-23)19-36(24-13-8-21(9-14-24)18-35-32(38)39)31(37)30-29(33)25-4-2-3-5-28(25)41-30/h2-7,10-12,15-16,21,24,35H,8-9,13-14,18-19H2,1H3,(H,38,39). The molecule has 0 unspecified atom stereocenters. The van der Waals surface area contributed by atoms with Crippen molar-refractivity contribution in [1.82, 2.24) is 10.2 Å². The highest BCUT2D eigenvalue weighted by Gasteiger charge is 2.32. The number of fused-ring (bicyclic) bond motifs is 1. The maximum absolute atomic E-state index is 14.2. The summed E-state index contributed by atoms with van der Waals surface area (Å²) in [6.45, 7) is 0.809. The molecule has 2 amide bonds. The van der Waals surface area contributed by atoms with Crippen molar-refractivity contribution >= 4 is 45.0 Å².